The van der Waals surface area contributed by atoms with Crippen LogP contribution in [0.15, 0.2) is 17.1 Å². The Morgan fingerprint density at radius 2 is 1.90 bits per heavy atom. The first-order chi connectivity index (χ1) is 13.3. The smallest absolute Gasteiger partial charge is 0.547 e. The molecule has 1 aromatic rings. The fourth-order valence-corrected chi connectivity index (χ4v) is 3.93. The number of nitrogens with one attached hydrogen (secondary N) is 1. The van der Waals surface area contributed by atoms with Gasteiger partial charge in [-0.3, -0.25) is 4.99 Å². The van der Waals surface area contributed by atoms with E-state index in [1.54, 1.807) is 23.9 Å². The predicted octanol–water partition coefficient (Wildman–Crippen LogP) is -3.85. The number of carboxylic acids is 1. The van der Waals surface area contributed by atoms with Crippen LogP contribution >= 0.6 is 11.8 Å². The number of ether oxygens (including phenoxy) is 2. The van der Waals surface area contributed by atoms with Gasteiger partial charge in [-0.2, -0.15) is 0 Å². The molecule has 1 saturated heterocycles. The molecule has 0 bridgehead atoms. The summed E-state index contributed by atoms with van der Waals surface area (Å²) in [5, 5.41) is 44.9. The number of thioether (sulfide) groups is 1. The van der Waals surface area contributed by atoms with Crippen molar-refractivity contribution in [1.29, 1.82) is 0 Å². The number of aliphatic hydroxyl groups is 3. The first kappa shape index (κ1) is 24.0. The molecule has 154 valence electrons. The number of nitrogens with zero attached hydrogens (tertiary/aromatic N) is 1. The van der Waals surface area contributed by atoms with Crippen LogP contribution in [0, 0.1) is 13.8 Å². The van der Waals surface area contributed by atoms with Gasteiger partial charge in [0.2, 0.25) is 6.29 Å². The molecule has 0 saturated carbocycles. The molecule has 0 radical (unpaired) electrons. The third-order valence-electron chi connectivity index (χ3n) is 4.59. The minimum Gasteiger partial charge on any atom is -0.547 e. The van der Waals surface area contributed by atoms with E-state index in [1.165, 1.54) is 0 Å². The third-order valence-corrected chi connectivity index (χ3v) is 5.59. The Morgan fingerprint density at radius 1 is 1.24 bits per heavy atom. The van der Waals surface area contributed by atoms with Crippen molar-refractivity contribution in [3.05, 3.63) is 23.3 Å². The number of aryl methyl sites for hydroxylation is 2. The van der Waals surface area contributed by atoms with E-state index in [9.17, 15) is 25.2 Å². The zero-order valence-electron chi connectivity index (χ0n) is 16.5. The first-order valence-corrected chi connectivity index (χ1v) is 9.89. The molecule has 0 unspecified atom stereocenters. The number of hydrogen-bond acceptors (Lipinski definition) is 10. The average Bonchev–Trinajstić information content (AvgIpc) is 2.65. The second kappa shape index (κ2) is 10.2. The molecular formula is C18H23LiN2O7S. The third kappa shape index (κ3) is 5.47. The molecule has 29 heavy (non-hydrogen) atoms. The van der Waals surface area contributed by atoms with Crippen molar-refractivity contribution >= 4 is 28.6 Å². The van der Waals surface area contributed by atoms with Crippen molar-refractivity contribution in [2.24, 2.45) is 4.99 Å². The first-order valence-electron chi connectivity index (χ1n) is 8.90. The van der Waals surface area contributed by atoms with Gasteiger partial charge in [-0.05, 0) is 43.5 Å². The second-order valence-electron chi connectivity index (χ2n) is 6.78. The van der Waals surface area contributed by atoms with E-state index >= 15 is 0 Å². The molecule has 0 aliphatic carbocycles. The SMILES string of the molecule is Cc1cc(O[C@@H]2O[C@H](C(=O)[O-])[C@@H](O)[C@H](O)[C@H]2O)cc(C)c1NC1=NCCCS1.[Li+]. The maximum absolute atomic E-state index is 11.1. The van der Waals surface area contributed by atoms with Crippen LogP contribution in [0.4, 0.5) is 5.69 Å². The predicted molar refractivity (Wildman–Crippen MR) is 101 cm³/mol. The molecule has 2 heterocycles. The molecule has 2 aliphatic heterocycles. The maximum atomic E-state index is 11.1. The Bertz CT molecular complexity index is 756. The number of carbonyl (C=O) groups is 1. The van der Waals surface area contributed by atoms with Crippen LogP contribution in [-0.4, -0.2) is 69.5 Å². The van der Waals surface area contributed by atoms with Crippen molar-refractivity contribution in [1.82, 2.24) is 0 Å². The molecule has 5 atom stereocenters. The number of amidine groups is 1. The largest absolute Gasteiger partial charge is 1.00 e. The van der Waals surface area contributed by atoms with Crippen molar-refractivity contribution < 1.29 is 53.6 Å². The molecule has 0 amide bonds. The average molecular weight is 418 g/mol. The van der Waals surface area contributed by atoms with E-state index in [2.05, 4.69) is 10.3 Å². The number of rotatable bonds is 4. The number of aliphatic carboxylic acids is 1. The Labute approximate surface area is 184 Å². The summed E-state index contributed by atoms with van der Waals surface area (Å²) in [5.41, 5.74) is 2.59. The Morgan fingerprint density at radius 3 is 2.45 bits per heavy atom. The number of hydrogen-bond donors (Lipinski definition) is 4. The van der Waals surface area contributed by atoms with E-state index in [0.29, 0.717) is 5.75 Å². The number of carboxylic acid groups (broad SMARTS) is 1. The number of benzene rings is 1. The van der Waals surface area contributed by atoms with Gasteiger partial charge in [-0.1, -0.05) is 11.8 Å². The van der Waals surface area contributed by atoms with Crippen LogP contribution in [0.25, 0.3) is 0 Å². The number of aliphatic hydroxyl groups excluding tert-OH is 3. The quantitative estimate of drug-likeness (QED) is 0.361. The molecule has 11 heteroatoms. The van der Waals surface area contributed by atoms with Gasteiger partial charge in [0, 0.05) is 18.0 Å². The van der Waals surface area contributed by atoms with Gasteiger partial charge in [0.1, 0.15) is 30.2 Å². The minimum atomic E-state index is -1.82. The van der Waals surface area contributed by atoms with Gasteiger partial charge in [0.15, 0.2) is 5.17 Å². The Kier molecular flexibility index (Phi) is 8.43. The molecule has 1 fully saturated rings. The Balaban J connectivity index is 0.00000300. The summed E-state index contributed by atoms with van der Waals surface area (Å²) in [6, 6.07) is 3.40. The summed E-state index contributed by atoms with van der Waals surface area (Å²) in [6.07, 6.45) is -7.42. The van der Waals surface area contributed by atoms with Gasteiger partial charge in [0.05, 0.1) is 5.97 Å². The monoisotopic (exact) mass is 418 g/mol. The second-order valence-corrected chi connectivity index (χ2v) is 7.86. The molecule has 2 aliphatic rings. The van der Waals surface area contributed by atoms with Crippen LogP contribution in [0.5, 0.6) is 5.75 Å². The molecule has 1 aromatic carbocycles. The van der Waals surface area contributed by atoms with Gasteiger partial charge in [-0.15, -0.1) is 0 Å². The standard InChI is InChI=1S/C18H24N2O7S.Li/c1-8-6-10(7-9(2)11(8)20-18-19-4-3-5-28-18)26-17-14(23)12(21)13(22)15(27-17)16(24)25;/h6-7,12-15,17,21-23H,3-5H2,1-2H3,(H,19,20)(H,24,25);/q;+1/p-1/t12-,13-,14+,15-,17+;/m0./s1. The topological polar surface area (TPSA) is 144 Å². The van der Waals surface area contributed by atoms with E-state index in [4.69, 9.17) is 9.47 Å². The fourth-order valence-electron chi connectivity index (χ4n) is 3.11. The van der Waals surface area contributed by atoms with Crippen molar-refractivity contribution in [3.8, 4) is 5.75 Å². The van der Waals surface area contributed by atoms with E-state index in [-0.39, 0.29) is 18.9 Å². The molecule has 4 N–H and O–H groups in total. The Hall–Kier alpha value is -1.25. The zero-order chi connectivity index (χ0) is 20.4. The molecule has 0 spiro atoms. The zero-order valence-corrected chi connectivity index (χ0v) is 17.3. The van der Waals surface area contributed by atoms with Crippen LogP contribution in [0.2, 0.25) is 0 Å². The minimum absolute atomic E-state index is 0. The summed E-state index contributed by atoms with van der Waals surface area (Å²) in [4.78, 5) is 15.5. The normalized spacial score (nSPS) is 29.4. The summed E-state index contributed by atoms with van der Waals surface area (Å²) in [7, 11) is 0. The van der Waals surface area contributed by atoms with Crippen molar-refractivity contribution in [2.75, 3.05) is 17.6 Å². The number of aliphatic imine (C=N–C) groups is 1. The van der Waals surface area contributed by atoms with Gasteiger partial charge in [0.25, 0.3) is 0 Å². The molecule has 3 rings (SSSR count). The summed E-state index contributed by atoms with van der Waals surface area (Å²) in [5.74, 6) is -0.372. The van der Waals surface area contributed by atoms with Crippen molar-refractivity contribution in [3.63, 3.8) is 0 Å². The fraction of sp³-hybridized carbons (Fsp3) is 0.556. The summed E-state index contributed by atoms with van der Waals surface area (Å²) >= 11 is 1.65. The van der Waals surface area contributed by atoms with Crippen LogP contribution < -0.4 is 34.0 Å². The van der Waals surface area contributed by atoms with Crippen LogP contribution in [0.1, 0.15) is 17.5 Å². The van der Waals surface area contributed by atoms with Gasteiger partial charge in [-0.25, -0.2) is 0 Å². The molecular weight excluding hydrogens is 395 g/mol. The summed E-state index contributed by atoms with van der Waals surface area (Å²) < 4.78 is 10.7. The molecule has 9 nitrogen and oxygen atoms in total. The van der Waals surface area contributed by atoms with Crippen LogP contribution in [-0.2, 0) is 9.53 Å². The van der Waals surface area contributed by atoms with E-state index in [1.807, 2.05) is 13.8 Å². The molecule has 0 aromatic heterocycles. The number of anilines is 1. The van der Waals surface area contributed by atoms with E-state index < -0.39 is 36.7 Å². The van der Waals surface area contributed by atoms with Crippen molar-refractivity contribution in [2.45, 2.75) is 51.0 Å². The number of carbonyl (C=O) groups excluding carboxylic acids is 1. The summed E-state index contributed by atoms with van der Waals surface area (Å²) in [6.45, 7) is 4.53. The van der Waals surface area contributed by atoms with Gasteiger partial charge < -0.3 is 40.0 Å². The maximum Gasteiger partial charge on any atom is 1.00 e. The van der Waals surface area contributed by atoms with Gasteiger partial charge >= 0.3 is 18.9 Å². The van der Waals surface area contributed by atoms with E-state index in [0.717, 1.165) is 40.7 Å². The van der Waals surface area contributed by atoms with Crippen LogP contribution in [0.3, 0.4) is 0 Å².